The quantitative estimate of drug-likeness (QED) is 0.465. The number of alkyl halides is 3. The Kier molecular flexibility index (Phi) is 6.89. The van der Waals surface area contributed by atoms with Crippen LogP contribution in [0.1, 0.15) is 31.2 Å². The maximum Gasteiger partial charge on any atom is 0.408 e. The van der Waals surface area contributed by atoms with Crippen LogP contribution < -0.4 is 10.9 Å². The predicted octanol–water partition coefficient (Wildman–Crippen LogP) is 3.50. The molecule has 0 radical (unpaired) electrons. The fourth-order valence-electron chi connectivity index (χ4n) is 4.47. The molecule has 2 heterocycles. The summed E-state index contributed by atoms with van der Waals surface area (Å²) in [6, 6.07) is 6.32. The molecule has 3 aromatic rings. The van der Waals surface area contributed by atoms with Crippen LogP contribution >= 0.6 is 0 Å². The number of hydrogen-bond donors (Lipinski definition) is 3. The largest absolute Gasteiger partial charge is 0.408 e. The zero-order valence-electron chi connectivity index (χ0n) is 18.7. The molecule has 0 atom stereocenters. The van der Waals surface area contributed by atoms with E-state index in [1.807, 2.05) is 0 Å². The number of aromatic nitrogens is 3. The number of nitrogen functional groups attached to an aromatic ring is 1. The number of anilines is 1. The van der Waals surface area contributed by atoms with Gasteiger partial charge in [-0.2, -0.15) is 18.3 Å². The van der Waals surface area contributed by atoms with Crippen LogP contribution in [0.5, 0.6) is 0 Å². The van der Waals surface area contributed by atoms with Crippen molar-refractivity contribution in [3.8, 4) is 22.3 Å². The third kappa shape index (κ3) is 6.19. The normalized spacial score (nSPS) is 19.1. The van der Waals surface area contributed by atoms with Gasteiger partial charge < -0.3 is 10.8 Å². The van der Waals surface area contributed by atoms with Crippen LogP contribution in [0, 0.1) is 5.92 Å². The Labute approximate surface area is 200 Å². The summed E-state index contributed by atoms with van der Waals surface area (Å²) in [7, 11) is -3.97. The van der Waals surface area contributed by atoms with Gasteiger partial charge in [-0.1, -0.05) is 6.07 Å². The van der Waals surface area contributed by atoms with Gasteiger partial charge in [0.1, 0.15) is 12.4 Å². The third-order valence-corrected chi connectivity index (χ3v) is 7.16. The zero-order valence-corrected chi connectivity index (χ0v) is 19.6. The van der Waals surface area contributed by atoms with E-state index in [9.17, 15) is 26.7 Å². The minimum absolute atomic E-state index is 0.0633. The van der Waals surface area contributed by atoms with Crippen molar-refractivity contribution >= 4 is 15.8 Å². The van der Waals surface area contributed by atoms with Gasteiger partial charge >= 0.3 is 6.18 Å². The van der Waals surface area contributed by atoms with E-state index >= 15 is 0 Å². The molecule has 1 aromatic carbocycles. The molecule has 0 unspecified atom stereocenters. The summed E-state index contributed by atoms with van der Waals surface area (Å²) in [5.74, 6) is 0.421. The van der Waals surface area contributed by atoms with E-state index in [2.05, 4.69) is 10.1 Å². The average molecular weight is 510 g/mol. The lowest BCUT2D eigenvalue weighted by Gasteiger charge is -2.26. The number of aliphatic hydroxyl groups excluding tert-OH is 1. The van der Waals surface area contributed by atoms with Gasteiger partial charge in [-0.05, 0) is 67.3 Å². The highest BCUT2D eigenvalue weighted by molar-refractivity contribution is 7.89. The van der Waals surface area contributed by atoms with Gasteiger partial charge in [0.2, 0.25) is 10.0 Å². The molecule has 188 valence electrons. The molecule has 2 aromatic heterocycles. The summed E-state index contributed by atoms with van der Waals surface area (Å²) in [6.07, 6.45) is 3.08. The molecule has 1 saturated carbocycles. The Morgan fingerprint density at radius 2 is 1.77 bits per heavy atom. The second-order valence-corrected chi connectivity index (χ2v) is 10.5. The first-order valence-electron chi connectivity index (χ1n) is 11.1. The molecule has 0 aliphatic heterocycles. The van der Waals surface area contributed by atoms with E-state index in [-0.39, 0.29) is 16.8 Å². The molecule has 5 N–H and O–H groups in total. The number of primary sulfonamides is 1. The Morgan fingerprint density at radius 1 is 1.06 bits per heavy atom. The number of rotatable bonds is 6. The Hall–Kier alpha value is -2.96. The van der Waals surface area contributed by atoms with Crippen LogP contribution in [0.25, 0.3) is 22.3 Å². The molecule has 4 rings (SSSR count). The molecule has 1 aliphatic rings. The maximum absolute atomic E-state index is 12.7. The van der Waals surface area contributed by atoms with Gasteiger partial charge in [0.05, 0.1) is 17.2 Å². The third-order valence-electron chi connectivity index (χ3n) is 6.25. The number of nitrogens with two attached hydrogens (primary N) is 2. The lowest BCUT2D eigenvalue weighted by atomic mass is 9.82. The van der Waals surface area contributed by atoms with Crippen molar-refractivity contribution in [3.63, 3.8) is 0 Å². The fraction of sp³-hybridized carbons (Fsp3) is 0.391. The maximum atomic E-state index is 12.7. The van der Waals surface area contributed by atoms with E-state index in [0.717, 1.165) is 23.1 Å². The van der Waals surface area contributed by atoms with Gasteiger partial charge in [-0.3, -0.25) is 4.68 Å². The monoisotopic (exact) mass is 509 g/mol. The van der Waals surface area contributed by atoms with Crippen molar-refractivity contribution < 1.29 is 26.7 Å². The SMILES string of the molecule is Nc1ncc(-c2cc(S(N)(=O)=O)ccc2C[C@H]2CC[C@H](O)CC2)cc1-c1cnn(CC(F)(F)F)c1. The van der Waals surface area contributed by atoms with Crippen molar-refractivity contribution in [1.29, 1.82) is 0 Å². The summed E-state index contributed by atoms with van der Waals surface area (Å²) in [5, 5.41) is 18.9. The fourth-order valence-corrected chi connectivity index (χ4v) is 5.01. The molecule has 1 fully saturated rings. The van der Waals surface area contributed by atoms with Crippen LogP contribution in [-0.4, -0.2) is 40.6 Å². The van der Waals surface area contributed by atoms with Crippen molar-refractivity contribution in [2.45, 2.75) is 55.8 Å². The molecule has 35 heavy (non-hydrogen) atoms. The Bertz CT molecular complexity index is 1320. The summed E-state index contributed by atoms with van der Waals surface area (Å²) < 4.78 is 63.0. The van der Waals surface area contributed by atoms with E-state index in [1.54, 1.807) is 12.1 Å². The first-order valence-corrected chi connectivity index (χ1v) is 12.6. The summed E-state index contributed by atoms with van der Waals surface area (Å²) in [6.45, 7) is -1.24. The highest BCUT2D eigenvalue weighted by atomic mass is 32.2. The predicted molar refractivity (Wildman–Crippen MR) is 124 cm³/mol. The van der Waals surface area contributed by atoms with E-state index < -0.39 is 22.7 Å². The lowest BCUT2D eigenvalue weighted by molar-refractivity contribution is -0.142. The topological polar surface area (TPSA) is 137 Å². The number of benzene rings is 1. The highest BCUT2D eigenvalue weighted by Crippen LogP contribution is 2.35. The molecular weight excluding hydrogens is 483 g/mol. The molecular formula is C23H26F3N5O3S. The van der Waals surface area contributed by atoms with Crippen LogP contribution in [0.2, 0.25) is 0 Å². The van der Waals surface area contributed by atoms with Crippen LogP contribution in [-0.2, 0) is 23.0 Å². The van der Waals surface area contributed by atoms with Crippen molar-refractivity contribution in [2.75, 3.05) is 5.73 Å². The summed E-state index contributed by atoms with van der Waals surface area (Å²) in [5.41, 5.74) is 8.78. The molecule has 0 spiro atoms. The molecule has 0 bridgehead atoms. The second-order valence-electron chi connectivity index (χ2n) is 8.94. The number of sulfonamides is 1. The average Bonchev–Trinajstić information content (AvgIpc) is 3.22. The first-order chi connectivity index (χ1) is 16.4. The van der Waals surface area contributed by atoms with Gasteiger partial charge in [-0.25, -0.2) is 18.5 Å². The van der Waals surface area contributed by atoms with Crippen LogP contribution in [0.3, 0.4) is 0 Å². The zero-order chi connectivity index (χ0) is 25.4. The molecule has 12 heteroatoms. The van der Waals surface area contributed by atoms with Crippen molar-refractivity contribution in [1.82, 2.24) is 14.8 Å². The number of halogens is 3. The lowest BCUT2D eigenvalue weighted by Crippen LogP contribution is -2.20. The van der Waals surface area contributed by atoms with E-state index in [4.69, 9.17) is 10.9 Å². The first kappa shape index (κ1) is 25.1. The molecule has 1 aliphatic carbocycles. The molecule has 0 amide bonds. The smallest absolute Gasteiger partial charge is 0.393 e. The van der Waals surface area contributed by atoms with Gasteiger partial charge in [0.15, 0.2) is 0 Å². The Morgan fingerprint density at radius 3 is 2.43 bits per heavy atom. The number of nitrogens with zero attached hydrogens (tertiary/aromatic N) is 3. The number of pyridine rings is 1. The standard InChI is InChI=1S/C23H26F3N5O3S/c24-23(25,26)13-31-12-17(11-30-31)21-8-16(10-29-22(21)27)20-9-19(35(28,33)34)6-3-15(20)7-14-1-4-18(32)5-2-14/h3,6,8-12,14,18,32H,1-2,4-5,7,13H2,(H2,27,29)(H2,28,33,34)/t14-,18-. The van der Waals surface area contributed by atoms with E-state index in [0.29, 0.717) is 47.4 Å². The van der Waals surface area contributed by atoms with E-state index in [1.165, 1.54) is 30.7 Å². The van der Waals surface area contributed by atoms with Gasteiger partial charge in [0, 0.05) is 29.1 Å². The summed E-state index contributed by atoms with van der Waals surface area (Å²) in [4.78, 5) is 4.15. The Balaban J connectivity index is 1.74. The molecule has 8 nitrogen and oxygen atoms in total. The molecule has 0 saturated heterocycles. The minimum atomic E-state index is -4.42. The minimum Gasteiger partial charge on any atom is -0.393 e. The highest BCUT2D eigenvalue weighted by Gasteiger charge is 2.28. The summed E-state index contributed by atoms with van der Waals surface area (Å²) >= 11 is 0. The number of aliphatic hydroxyl groups is 1. The van der Waals surface area contributed by atoms with Crippen molar-refractivity contribution in [3.05, 3.63) is 48.4 Å². The second kappa shape index (κ2) is 9.59. The van der Waals surface area contributed by atoms with Gasteiger partial charge in [0.25, 0.3) is 0 Å². The van der Waals surface area contributed by atoms with Crippen LogP contribution in [0.4, 0.5) is 19.0 Å². The van der Waals surface area contributed by atoms with Crippen LogP contribution in [0.15, 0.2) is 47.8 Å². The number of hydrogen-bond acceptors (Lipinski definition) is 6. The van der Waals surface area contributed by atoms with Gasteiger partial charge in [-0.15, -0.1) is 0 Å². The van der Waals surface area contributed by atoms with Crippen molar-refractivity contribution in [2.24, 2.45) is 11.1 Å².